The number of methoxy groups -OCH3 is 1. The van der Waals surface area contributed by atoms with Gasteiger partial charge >= 0.3 is 0 Å². The fraction of sp³-hybridized carbons (Fsp3) is 0.235. The predicted octanol–water partition coefficient (Wildman–Crippen LogP) is 2.83. The lowest BCUT2D eigenvalue weighted by atomic mass is 10.1. The highest BCUT2D eigenvalue weighted by atomic mass is 16.6. The van der Waals surface area contributed by atoms with Gasteiger partial charge in [-0.25, -0.2) is 0 Å². The van der Waals surface area contributed by atoms with Crippen LogP contribution in [0.5, 0.6) is 5.75 Å². The summed E-state index contributed by atoms with van der Waals surface area (Å²) in [6.45, 7) is 2.35. The molecule has 0 aliphatic heterocycles. The number of benzene rings is 2. The van der Waals surface area contributed by atoms with Crippen molar-refractivity contribution in [1.29, 1.82) is 0 Å². The molecule has 0 bridgehead atoms. The molecule has 1 unspecified atom stereocenters. The molecule has 0 aliphatic carbocycles. The Bertz CT molecular complexity index is 716. The number of anilines is 1. The van der Waals surface area contributed by atoms with Crippen LogP contribution in [0.4, 0.5) is 11.4 Å². The number of carbonyl (C=O) groups excluding carboxylic acids is 1. The van der Waals surface area contributed by atoms with Crippen LogP contribution in [0.1, 0.15) is 17.3 Å². The van der Waals surface area contributed by atoms with E-state index in [1.54, 1.807) is 36.4 Å². The summed E-state index contributed by atoms with van der Waals surface area (Å²) in [6, 6.07) is 13.0. The van der Waals surface area contributed by atoms with E-state index in [9.17, 15) is 14.9 Å². The number of nitro benzene ring substituents is 1. The first-order valence-electron chi connectivity index (χ1n) is 7.43. The fourth-order valence-corrected chi connectivity index (χ4v) is 2.16. The quantitative estimate of drug-likeness (QED) is 0.602. The average molecular weight is 329 g/mol. The Hall–Kier alpha value is -3.09. The lowest BCUT2D eigenvalue weighted by molar-refractivity contribution is -0.384. The minimum Gasteiger partial charge on any atom is -0.496 e. The molecule has 126 valence electrons. The summed E-state index contributed by atoms with van der Waals surface area (Å²) in [4.78, 5) is 22.4. The molecule has 0 aliphatic rings. The molecule has 1 atom stereocenters. The standard InChI is InChI=1S/C17H19N3O4/c1-12(11-18-13-7-9-14(10-8-13)20(22)23)19-17(21)15-5-3-4-6-16(15)24-2/h3-10,12,18H,11H2,1-2H3,(H,19,21). The van der Waals surface area contributed by atoms with E-state index in [0.29, 0.717) is 17.9 Å². The largest absolute Gasteiger partial charge is 0.496 e. The molecule has 24 heavy (non-hydrogen) atoms. The summed E-state index contributed by atoms with van der Waals surface area (Å²) >= 11 is 0. The molecular weight excluding hydrogens is 310 g/mol. The number of para-hydroxylation sites is 1. The first-order valence-corrected chi connectivity index (χ1v) is 7.43. The Morgan fingerprint density at radius 1 is 1.21 bits per heavy atom. The number of amides is 1. The Morgan fingerprint density at radius 2 is 1.88 bits per heavy atom. The van der Waals surface area contributed by atoms with Crippen molar-refractivity contribution < 1.29 is 14.5 Å². The molecule has 0 fully saturated rings. The Labute approximate surface area is 139 Å². The molecular formula is C17H19N3O4. The Morgan fingerprint density at radius 3 is 2.50 bits per heavy atom. The minimum atomic E-state index is -0.445. The number of rotatable bonds is 7. The zero-order valence-corrected chi connectivity index (χ0v) is 13.5. The van der Waals surface area contributed by atoms with Gasteiger partial charge in [0.15, 0.2) is 0 Å². The highest BCUT2D eigenvalue weighted by Crippen LogP contribution is 2.17. The highest BCUT2D eigenvalue weighted by Gasteiger charge is 2.14. The summed E-state index contributed by atoms with van der Waals surface area (Å²) in [5, 5.41) is 16.6. The fourth-order valence-electron chi connectivity index (χ4n) is 2.16. The number of hydrogen-bond donors (Lipinski definition) is 2. The SMILES string of the molecule is COc1ccccc1C(=O)NC(C)CNc1ccc([N+](=O)[O-])cc1. The van der Waals surface area contributed by atoms with Crippen LogP contribution in [0.25, 0.3) is 0 Å². The van der Waals surface area contributed by atoms with Gasteiger partial charge in [0.1, 0.15) is 5.75 Å². The van der Waals surface area contributed by atoms with E-state index < -0.39 is 4.92 Å². The Balaban J connectivity index is 1.89. The maximum absolute atomic E-state index is 12.3. The number of non-ortho nitro benzene ring substituents is 1. The number of nitrogens with one attached hydrogen (secondary N) is 2. The minimum absolute atomic E-state index is 0.0399. The van der Waals surface area contributed by atoms with Gasteiger partial charge in [0, 0.05) is 30.4 Å². The summed E-state index contributed by atoms with van der Waals surface area (Å²) in [5.41, 5.74) is 1.26. The molecule has 0 saturated heterocycles. The van der Waals surface area contributed by atoms with E-state index in [1.165, 1.54) is 19.2 Å². The lowest BCUT2D eigenvalue weighted by Crippen LogP contribution is -2.37. The summed E-state index contributed by atoms with van der Waals surface area (Å²) in [5.74, 6) is 0.302. The van der Waals surface area contributed by atoms with E-state index in [0.717, 1.165) is 5.69 Å². The predicted molar refractivity (Wildman–Crippen MR) is 91.5 cm³/mol. The van der Waals surface area contributed by atoms with Crippen molar-refractivity contribution in [3.8, 4) is 5.75 Å². The maximum Gasteiger partial charge on any atom is 0.269 e. The van der Waals surface area contributed by atoms with Crippen LogP contribution in [0.2, 0.25) is 0 Å². The first-order chi connectivity index (χ1) is 11.5. The normalized spacial score (nSPS) is 11.4. The summed E-state index contributed by atoms with van der Waals surface area (Å²) in [6.07, 6.45) is 0. The molecule has 1 amide bonds. The second-order valence-corrected chi connectivity index (χ2v) is 5.26. The second kappa shape index (κ2) is 7.96. The van der Waals surface area contributed by atoms with Crippen molar-refractivity contribution in [2.24, 2.45) is 0 Å². The van der Waals surface area contributed by atoms with Crippen molar-refractivity contribution >= 4 is 17.3 Å². The molecule has 7 nitrogen and oxygen atoms in total. The maximum atomic E-state index is 12.3. The summed E-state index contributed by atoms with van der Waals surface area (Å²) < 4.78 is 5.18. The smallest absolute Gasteiger partial charge is 0.269 e. The van der Waals surface area contributed by atoms with Gasteiger partial charge in [-0.05, 0) is 31.2 Å². The van der Waals surface area contributed by atoms with Crippen molar-refractivity contribution in [1.82, 2.24) is 5.32 Å². The first kappa shape index (κ1) is 17.3. The third-order valence-electron chi connectivity index (χ3n) is 3.42. The molecule has 0 spiro atoms. The zero-order valence-electron chi connectivity index (χ0n) is 13.5. The number of nitro groups is 1. The lowest BCUT2D eigenvalue weighted by Gasteiger charge is -2.16. The van der Waals surface area contributed by atoms with Gasteiger partial charge < -0.3 is 15.4 Å². The molecule has 7 heteroatoms. The third kappa shape index (κ3) is 4.45. The van der Waals surface area contributed by atoms with Crippen LogP contribution in [-0.2, 0) is 0 Å². The van der Waals surface area contributed by atoms with Crippen LogP contribution in [0, 0.1) is 10.1 Å². The van der Waals surface area contributed by atoms with Crippen LogP contribution in [0.3, 0.4) is 0 Å². The molecule has 2 N–H and O–H groups in total. The van der Waals surface area contributed by atoms with Crippen LogP contribution >= 0.6 is 0 Å². The van der Waals surface area contributed by atoms with Crippen LogP contribution in [-0.4, -0.2) is 30.5 Å². The summed E-state index contributed by atoms with van der Waals surface area (Å²) in [7, 11) is 1.52. The Kier molecular flexibility index (Phi) is 5.73. The number of nitrogens with zero attached hydrogens (tertiary/aromatic N) is 1. The van der Waals surface area contributed by atoms with E-state index in [2.05, 4.69) is 10.6 Å². The molecule has 2 aromatic rings. The number of ether oxygens (including phenoxy) is 1. The highest BCUT2D eigenvalue weighted by molar-refractivity contribution is 5.97. The average Bonchev–Trinajstić information content (AvgIpc) is 2.60. The van der Waals surface area contributed by atoms with Gasteiger partial charge in [0.05, 0.1) is 17.6 Å². The molecule has 0 radical (unpaired) electrons. The molecule has 0 heterocycles. The van der Waals surface area contributed by atoms with Crippen molar-refractivity contribution in [2.45, 2.75) is 13.0 Å². The van der Waals surface area contributed by atoms with E-state index in [4.69, 9.17) is 4.74 Å². The monoisotopic (exact) mass is 329 g/mol. The molecule has 0 saturated carbocycles. The van der Waals surface area contributed by atoms with E-state index in [-0.39, 0.29) is 17.6 Å². The number of carbonyl (C=O) groups is 1. The topological polar surface area (TPSA) is 93.5 Å². The molecule has 2 aromatic carbocycles. The number of hydrogen-bond acceptors (Lipinski definition) is 5. The molecule has 2 rings (SSSR count). The zero-order chi connectivity index (χ0) is 17.5. The molecule has 0 aromatic heterocycles. The van der Waals surface area contributed by atoms with Gasteiger partial charge in [-0.1, -0.05) is 12.1 Å². The van der Waals surface area contributed by atoms with Gasteiger partial charge in [-0.2, -0.15) is 0 Å². The van der Waals surface area contributed by atoms with E-state index >= 15 is 0 Å². The van der Waals surface area contributed by atoms with Gasteiger partial charge in [0.2, 0.25) is 0 Å². The van der Waals surface area contributed by atoms with Gasteiger partial charge in [0.25, 0.3) is 11.6 Å². The van der Waals surface area contributed by atoms with Crippen molar-refractivity contribution in [3.63, 3.8) is 0 Å². The van der Waals surface area contributed by atoms with Crippen LogP contribution in [0.15, 0.2) is 48.5 Å². The van der Waals surface area contributed by atoms with Gasteiger partial charge in [-0.3, -0.25) is 14.9 Å². The van der Waals surface area contributed by atoms with Gasteiger partial charge in [-0.15, -0.1) is 0 Å². The van der Waals surface area contributed by atoms with Crippen molar-refractivity contribution in [2.75, 3.05) is 19.0 Å². The van der Waals surface area contributed by atoms with Crippen molar-refractivity contribution in [3.05, 3.63) is 64.2 Å². The third-order valence-corrected chi connectivity index (χ3v) is 3.42. The van der Waals surface area contributed by atoms with Crippen LogP contribution < -0.4 is 15.4 Å². The second-order valence-electron chi connectivity index (χ2n) is 5.26. The van der Waals surface area contributed by atoms with E-state index in [1.807, 2.05) is 6.92 Å².